The molecule has 0 amide bonds. The molecule has 1 aromatic heterocycles. The Morgan fingerprint density at radius 2 is 1.93 bits per heavy atom. The molecular formula is C19H25FN4O3S. The maximum absolute atomic E-state index is 14.0. The summed E-state index contributed by atoms with van der Waals surface area (Å²) in [5, 5.41) is 0. The van der Waals surface area contributed by atoms with Gasteiger partial charge in [-0.15, -0.1) is 0 Å². The zero-order valence-corrected chi connectivity index (χ0v) is 16.9. The van der Waals surface area contributed by atoms with Crippen molar-refractivity contribution in [1.82, 2.24) is 14.7 Å². The SMILES string of the molecule is CCOc1ccc(S(=O)(=O)NCc2nc(C)cc(N3CCCCC3)n2)cc1F. The Bertz CT molecular complexity index is 931. The maximum atomic E-state index is 14.0. The predicted molar refractivity (Wildman–Crippen MR) is 104 cm³/mol. The highest BCUT2D eigenvalue weighted by Gasteiger charge is 2.18. The van der Waals surface area contributed by atoms with E-state index in [-0.39, 0.29) is 17.2 Å². The van der Waals surface area contributed by atoms with Gasteiger partial charge < -0.3 is 9.64 Å². The number of aryl methyl sites for hydroxylation is 1. The topological polar surface area (TPSA) is 84.4 Å². The Kier molecular flexibility index (Phi) is 6.46. The Labute approximate surface area is 165 Å². The molecule has 2 aromatic rings. The van der Waals surface area contributed by atoms with Crippen LogP contribution in [0.3, 0.4) is 0 Å². The largest absolute Gasteiger partial charge is 0.491 e. The van der Waals surface area contributed by atoms with Gasteiger partial charge in [0.1, 0.15) is 11.6 Å². The standard InChI is InChI=1S/C19H25FN4O3S/c1-3-27-17-8-7-15(12-16(17)20)28(25,26)21-13-18-22-14(2)11-19(23-18)24-9-5-4-6-10-24/h7-8,11-12,21H,3-6,9-10,13H2,1-2H3. The molecule has 1 aliphatic rings. The van der Waals surface area contributed by atoms with Crippen LogP contribution in [0.4, 0.5) is 10.2 Å². The van der Waals surface area contributed by atoms with E-state index < -0.39 is 15.8 Å². The van der Waals surface area contributed by atoms with Gasteiger partial charge in [0.05, 0.1) is 18.0 Å². The zero-order chi connectivity index (χ0) is 20.1. The summed E-state index contributed by atoms with van der Waals surface area (Å²) < 4.78 is 46.6. The van der Waals surface area contributed by atoms with Gasteiger partial charge in [-0.1, -0.05) is 0 Å². The molecule has 0 aliphatic carbocycles. The highest BCUT2D eigenvalue weighted by molar-refractivity contribution is 7.89. The molecule has 2 heterocycles. The lowest BCUT2D eigenvalue weighted by molar-refractivity contribution is 0.321. The van der Waals surface area contributed by atoms with Crippen LogP contribution in [-0.4, -0.2) is 38.1 Å². The second-order valence-electron chi connectivity index (χ2n) is 6.68. The fourth-order valence-electron chi connectivity index (χ4n) is 3.14. The molecule has 0 bridgehead atoms. The zero-order valence-electron chi connectivity index (χ0n) is 16.1. The Balaban J connectivity index is 1.73. The third kappa shape index (κ3) is 4.96. The van der Waals surface area contributed by atoms with Gasteiger partial charge in [0.15, 0.2) is 11.6 Å². The second kappa shape index (κ2) is 8.83. The first-order chi connectivity index (χ1) is 13.4. The molecule has 7 nitrogen and oxygen atoms in total. The quantitative estimate of drug-likeness (QED) is 0.758. The molecule has 1 fully saturated rings. The minimum atomic E-state index is -3.90. The average molecular weight is 408 g/mol. The minimum absolute atomic E-state index is 0.0228. The van der Waals surface area contributed by atoms with Crippen LogP contribution in [-0.2, 0) is 16.6 Å². The lowest BCUT2D eigenvalue weighted by Gasteiger charge is -2.28. The molecule has 1 aliphatic heterocycles. The van der Waals surface area contributed by atoms with Crippen molar-refractivity contribution in [3.63, 3.8) is 0 Å². The van der Waals surface area contributed by atoms with Gasteiger partial charge in [0.2, 0.25) is 10.0 Å². The molecule has 1 aromatic carbocycles. The number of ether oxygens (including phenoxy) is 1. The summed E-state index contributed by atoms with van der Waals surface area (Å²) in [6.45, 7) is 5.69. The molecule has 28 heavy (non-hydrogen) atoms. The van der Waals surface area contributed by atoms with Gasteiger partial charge in [-0.2, -0.15) is 0 Å². The molecule has 0 unspecified atom stereocenters. The smallest absolute Gasteiger partial charge is 0.241 e. The van der Waals surface area contributed by atoms with E-state index in [0.717, 1.165) is 43.5 Å². The van der Waals surface area contributed by atoms with Gasteiger partial charge in [0, 0.05) is 24.8 Å². The third-order valence-corrected chi connectivity index (χ3v) is 5.90. The summed E-state index contributed by atoms with van der Waals surface area (Å²) in [5.41, 5.74) is 0.775. The average Bonchev–Trinajstić information content (AvgIpc) is 2.68. The number of piperidine rings is 1. The highest BCUT2D eigenvalue weighted by atomic mass is 32.2. The number of hydrogen-bond acceptors (Lipinski definition) is 6. The van der Waals surface area contributed by atoms with Crippen molar-refractivity contribution in [1.29, 1.82) is 0 Å². The minimum Gasteiger partial charge on any atom is -0.491 e. The van der Waals surface area contributed by atoms with Crippen LogP contribution in [0.2, 0.25) is 0 Å². The first-order valence-electron chi connectivity index (χ1n) is 9.40. The molecule has 3 rings (SSSR count). The van der Waals surface area contributed by atoms with Crippen molar-refractivity contribution < 1.29 is 17.5 Å². The van der Waals surface area contributed by atoms with Crippen molar-refractivity contribution >= 4 is 15.8 Å². The van der Waals surface area contributed by atoms with E-state index >= 15 is 0 Å². The van der Waals surface area contributed by atoms with Gasteiger partial charge in [-0.3, -0.25) is 0 Å². The van der Waals surface area contributed by atoms with E-state index in [2.05, 4.69) is 19.6 Å². The number of rotatable bonds is 7. The maximum Gasteiger partial charge on any atom is 0.241 e. The molecular weight excluding hydrogens is 383 g/mol. The fourth-order valence-corrected chi connectivity index (χ4v) is 4.13. The number of anilines is 1. The fraction of sp³-hybridized carbons (Fsp3) is 0.474. The number of nitrogens with one attached hydrogen (secondary N) is 1. The van der Waals surface area contributed by atoms with Crippen LogP contribution >= 0.6 is 0 Å². The predicted octanol–water partition coefficient (Wildman–Crippen LogP) is 2.79. The van der Waals surface area contributed by atoms with Crippen LogP contribution in [0, 0.1) is 12.7 Å². The van der Waals surface area contributed by atoms with E-state index in [4.69, 9.17) is 4.74 Å². The van der Waals surface area contributed by atoms with Crippen molar-refractivity contribution in [2.75, 3.05) is 24.6 Å². The molecule has 152 valence electrons. The normalized spacial score (nSPS) is 14.9. The number of hydrogen-bond donors (Lipinski definition) is 1. The Morgan fingerprint density at radius 3 is 2.61 bits per heavy atom. The van der Waals surface area contributed by atoms with Crippen molar-refractivity contribution in [2.45, 2.75) is 44.6 Å². The number of aromatic nitrogens is 2. The lowest BCUT2D eigenvalue weighted by atomic mass is 10.1. The molecule has 0 spiro atoms. The van der Waals surface area contributed by atoms with Gasteiger partial charge in [-0.05, 0) is 51.3 Å². The first-order valence-corrected chi connectivity index (χ1v) is 10.9. The van der Waals surface area contributed by atoms with Crippen LogP contribution < -0.4 is 14.4 Å². The number of sulfonamides is 1. The number of halogens is 1. The summed E-state index contributed by atoms with van der Waals surface area (Å²) in [5.74, 6) is 0.502. The molecule has 0 atom stereocenters. The summed E-state index contributed by atoms with van der Waals surface area (Å²) in [7, 11) is -3.90. The molecule has 9 heteroatoms. The molecule has 0 radical (unpaired) electrons. The molecule has 0 saturated carbocycles. The monoisotopic (exact) mass is 408 g/mol. The summed E-state index contributed by atoms with van der Waals surface area (Å²) in [6.07, 6.45) is 3.45. The van der Waals surface area contributed by atoms with Crippen molar-refractivity contribution in [3.05, 3.63) is 41.6 Å². The first kappa shape index (κ1) is 20.5. The Hall–Kier alpha value is -2.26. The van der Waals surface area contributed by atoms with Gasteiger partial charge >= 0.3 is 0 Å². The highest BCUT2D eigenvalue weighted by Crippen LogP contribution is 2.22. The Morgan fingerprint density at radius 1 is 1.18 bits per heavy atom. The summed E-state index contributed by atoms with van der Waals surface area (Å²) in [6, 6.07) is 5.48. The van der Waals surface area contributed by atoms with Crippen LogP contribution in [0.1, 0.15) is 37.7 Å². The van der Waals surface area contributed by atoms with Crippen LogP contribution in [0.25, 0.3) is 0 Å². The van der Waals surface area contributed by atoms with E-state index in [1.807, 2.05) is 13.0 Å². The summed E-state index contributed by atoms with van der Waals surface area (Å²) in [4.78, 5) is 10.8. The van der Waals surface area contributed by atoms with E-state index in [9.17, 15) is 12.8 Å². The number of benzene rings is 1. The second-order valence-corrected chi connectivity index (χ2v) is 8.45. The van der Waals surface area contributed by atoms with E-state index in [1.54, 1.807) is 6.92 Å². The molecule has 1 N–H and O–H groups in total. The van der Waals surface area contributed by atoms with Crippen molar-refractivity contribution in [2.24, 2.45) is 0 Å². The van der Waals surface area contributed by atoms with Gasteiger partial charge in [0.25, 0.3) is 0 Å². The number of nitrogens with zero attached hydrogens (tertiary/aromatic N) is 3. The van der Waals surface area contributed by atoms with E-state index in [1.165, 1.54) is 18.6 Å². The third-order valence-electron chi connectivity index (χ3n) is 4.50. The van der Waals surface area contributed by atoms with Crippen molar-refractivity contribution in [3.8, 4) is 5.75 Å². The van der Waals surface area contributed by atoms with E-state index in [0.29, 0.717) is 12.4 Å². The molecule has 1 saturated heterocycles. The lowest BCUT2D eigenvalue weighted by Crippen LogP contribution is -2.31. The van der Waals surface area contributed by atoms with Gasteiger partial charge in [-0.25, -0.2) is 27.5 Å². The van der Waals surface area contributed by atoms with Crippen LogP contribution in [0.15, 0.2) is 29.2 Å². The summed E-state index contributed by atoms with van der Waals surface area (Å²) >= 11 is 0. The van der Waals surface area contributed by atoms with Crippen LogP contribution in [0.5, 0.6) is 5.75 Å².